The summed E-state index contributed by atoms with van der Waals surface area (Å²) in [5.74, 6) is -0.261. The first-order valence-corrected chi connectivity index (χ1v) is 8.06. The Kier molecular flexibility index (Phi) is 9.01. The molecule has 1 aliphatic rings. The van der Waals surface area contributed by atoms with Crippen molar-refractivity contribution >= 4 is 11.8 Å². The number of nitrogens with one attached hydrogen (secondary N) is 1. The van der Waals surface area contributed by atoms with Gasteiger partial charge in [-0.1, -0.05) is 12.8 Å². The summed E-state index contributed by atoms with van der Waals surface area (Å²) in [7, 11) is 0. The summed E-state index contributed by atoms with van der Waals surface area (Å²) in [6, 6.07) is -0.298. The summed E-state index contributed by atoms with van der Waals surface area (Å²) in [4.78, 5) is 25.2. The van der Waals surface area contributed by atoms with Crippen LogP contribution in [-0.4, -0.2) is 54.1 Å². The van der Waals surface area contributed by atoms with Gasteiger partial charge in [-0.2, -0.15) is 0 Å². The van der Waals surface area contributed by atoms with E-state index in [1.165, 1.54) is 0 Å². The van der Waals surface area contributed by atoms with Crippen molar-refractivity contribution in [1.82, 2.24) is 10.2 Å². The van der Waals surface area contributed by atoms with Crippen LogP contribution in [0.3, 0.4) is 0 Å². The lowest BCUT2D eigenvalue weighted by Crippen LogP contribution is -2.46. The molecule has 1 saturated heterocycles. The fraction of sp³-hybridized carbons (Fsp3) is 0.867. The smallest absolute Gasteiger partial charge is 0.239 e. The van der Waals surface area contributed by atoms with E-state index >= 15 is 0 Å². The van der Waals surface area contributed by atoms with E-state index in [0.717, 1.165) is 58.2 Å². The minimum absolute atomic E-state index is 0.101. The van der Waals surface area contributed by atoms with Crippen molar-refractivity contribution in [3.63, 3.8) is 0 Å². The molecular weight excluding hydrogens is 270 g/mol. The van der Waals surface area contributed by atoms with E-state index in [2.05, 4.69) is 5.32 Å². The van der Waals surface area contributed by atoms with Crippen LogP contribution in [0.15, 0.2) is 0 Å². The lowest BCUT2D eigenvalue weighted by atomic mass is 10.1. The molecule has 0 aromatic heterocycles. The van der Waals surface area contributed by atoms with Gasteiger partial charge in [-0.05, 0) is 38.6 Å². The third kappa shape index (κ3) is 7.43. The maximum absolute atomic E-state index is 12.4. The van der Waals surface area contributed by atoms with E-state index in [4.69, 9.17) is 10.8 Å². The number of carbonyl (C=O) groups excluding carboxylic acids is 2. The number of hydrogen-bond donors (Lipinski definition) is 3. The molecule has 1 unspecified atom stereocenters. The monoisotopic (exact) mass is 299 g/mol. The van der Waals surface area contributed by atoms with Crippen molar-refractivity contribution in [2.75, 3.05) is 26.2 Å². The van der Waals surface area contributed by atoms with E-state index in [1.54, 1.807) is 0 Å². The molecular formula is C15H29N3O3. The van der Waals surface area contributed by atoms with Gasteiger partial charge < -0.3 is 21.1 Å². The second-order valence-corrected chi connectivity index (χ2v) is 5.68. The van der Waals surface area contributed by atoms with Crippen LogP contribution in [0, 0.1) is 0 Å². The van der Waals surface area contributed by atoms with Gasteiger partial charge >= 0.3 is 0 Å². The molecule has 122 valence electrons. The molecule has 4 N–H and O–H groups in total. The zero-order valence-electron chi connectivity index (χ0n) is 12.9. The van der Waals surface area contributed by atoms with Crippen LogP contribution in [0.4, 0.5) is 0 Å². The zero-order valence-corrected chi connectivity index (χ0v) is 12.9. The van der Waals surface area contributed by atoms with Gasteiger partial charge in [0.2, 0.25) is 11.8 Å². The normalized spacial score (nSPS) is 16.1. The number of aliphatic hydroxyl groups excluding tert-OH is 1. The second kappa shape index (κ2) is 10.6. The third-order valence-electron chi connectivity index (χ3n) is 3.87. The molecule has 1 rings (SSSR count). The number of aliphatic hydroxyl groups is 1. The first kappa shape index (κ1) is 17.9. The molecule has 1 atom stereocenters. The van der Waals surface area contributed by atoms with Crippen molar-refractivity contribution in [3.05, 3.63) is 0 Å². The van der Waals surface area contributed by atoms with E-state index in [1.807, 2.05) is 4.90 Å². The number of nitrogens with two attached hydrogens (primary N) is 1. The van der Waals surface area contributed by atoms with E-state index in [-0.39, 0.29) is 30.9 Å². The highest BCUT2D eigenvalue weighted by molar-refractivity contribution is 5.83. The van der Waals surface area contributed by atoms with E-state index < -0.39 is 0 Å². The third-order valence-corrected chi connectivity index (χ3v) is 3.87. The van der Waals surface area contributed by atoms with Gasteiger partial charge in [-0.25, -0.2) is 0 Å². The Labute approximate surface area is 127 Å². The molecule has 0 bridgehead atoms. The van der Waals surface area contributed by atoms with Gasteiger partial charge in [-0.15, -0.1) is 0 Å². The minimum atomic E-state index is -0.362. The van der Waals surface area contributed by atoms with Crippen LogP contribution in [0.2, 0.25) is 0 Å². The standard InChI is InChI=1S/C15H29N3O3/c16-14(20)8-7-13(15(21)18-10-4-5-11-18)17-9-3-1-2-6-12-19/h13,17,19H,1-12H2,(H2,16,20). The molecule has 0 aromatic carbocycles. The van der Waals surface area contributed by atoms with Crippen molar-refractivity contribution in [2.24, 2.45) is 5.73 Å². The summed E-state index contributed by atoms with van der Waals surface area (Å²) >= 11 is 0. The van der Waals surface area contributed by atoms with Gasteiger partial charge in [0.05, 0.1) is 6.04 Å². The number of primary amides is 1. The molecule has 6 nitrogen and oxygen atoms in total. The molecule has 1 heterocycles. The number of unbranched alkanes of at least 4 members (excludes halogenated alkanes) is 3. The van der Waals surface area contributed by atoms with Crippen LogP contribution < -0.4 is 11.1 Å². The van der Waals surface area contributed by atoms with E-state index in [9.17, 15) is 9.59 Å². The highest BCUT2D eigenvalue weighted by atomic mass is 16.3. The van der Waals surface area contributed by atoms with Gasteiger partial charge in [0.1, 0.15) is 0 Å². The Morgan fingerprint density at radius 3 is 2.43 bits per heavy atom. The molecule has 6 heteroatoms. The van der Waals surface area contributed by atoms with Crippen molar-refractivity contribution < 1.29 is 14.7 Å². The highest BCUT2D eigenvalue weighted by Crippen LogP contribution is 2.11. The SMILES string of the molecule is NC(=O)CCC(NCCCCCCO)C(=O)N1CCCC1. The summed E-state index contributed by atoms with van der Waals surface area (Å²) in [5, 5.41) is 12.0. The van der Waals surface area contributed by atoms with Gasteiger partial charge in [0, 0.05) is 26.1 Å². The van der Waals surface area contributed by atoms with Crippen LogP contribution in [0.5, 0.6) is 0 Å². The van der Waals surface area contributed by atoms with Crippen LogP contribution in [-0.2, 0) is 9.59 Å². The van der Waals surface area contributed by atoms with Crippen LogP contribution >= 0.6 is 0 Å². The lowest BCUT2D eigenvalue weighted by molar-refractivity contribution is -0.132. The summed E-state index contributed by atoms with van der Waals surface area (Å²) in [6.45, 7) is 2.64. The Bertz CT molecular complexity index is 317. The molecule has 0 aromatic rings. The molecule has 2 amide bonds. The number of likely N-dealkylation sites (tertiary alicyclic amines) is 1. The minimum Gasteiger partial charge on any atom is -0.396 e. The maximum Gasteiger partial charge on any atom is 0.239 e. The first-order chi connectivity index (χ1) is 10.1. The first-order valence-electron chi connectivity index (χ1n) is 8.06. The largest absolute Gasteiger partial charge is 0.396 e. The predicted molar refractivity (Wildman–Crippen MR) is 81.6 cm³/mol. The van der Waals surface area contributed by atoms with Gasteiger partial charge in [-0.3, -0.25) is 9.59 Å². The lowest BCUT2D eigenvalue weighted by Gasteiger charge is -2.24. The zero-order chi connectivity index (χ0) is 15.5. The number of rotatable bonds is 11. The molecule has 0 aliphatic carbocycles. The van der Waals surface area contributed by atoms with E-state index in [0.29, 0.717) is 6.42 Å². The molecule has 0 saturated carbocycles. The average Bonchev–Trinajstić information content (AvgIpc) is 2.99. The second-order valence-electron chi connectivity index (χ2n) is 5.68. The van der Waals surface area contributed by atoms with Crippen LogP contribution in [0.25, 0.3) is 0 Å². The molecule has 1 fully saturated rings. The summed E-state index contributed by atoms with van der Waals surface area (Å²) in [6.07, 6.45) is 6.68. The Morgan fingerprint density at radius 2 is 1.81 bits per heavy atom. The Morgan fingerprint density at radius 1 is 1.14 bits per heavy atom. The number of carbonyl (C=O) groups is 2. The topological polar surface area (TPSA) is 95.7 Å². The number of nitrogens with zero attached hydrogens (tertiary/aromatic N) is 1. The van der Waals surface area contributed by atoms with Gasteiger partial charge in [0.15, 0.2) is 0 Å². The van der Waals surface area contributed by atoms with Crippen molar-refractivity contribution in [3.8, 4) is 0 Å². The Hall–Kier alpha value is -1.14. The van der Waals surface area contributed by atoms with Crippen molar-refractivity contribution in [2.45, 2.75) is 57.4 Å². The number of hydrogen-bond acceptors (Lipinski definition) is 4. The quantitative estimate of drug-likeness (QED) is 0.481. The molecule has 0 radical (unpaired) electrons. The van der Waals surface area contributed by atoms with Crippen molar-refractivity contribution in [1.29, 1.82) is 0 Å². The highest BCUT2D eigenvalue weighted by Gasteiger charge is 2.26. The summed E-state index contributed by atoms with van der Waals surface area (Å²) < 4.78 is 0. The average molecular weight is 299 g/mol. The maximum atomic E-state index is 12.4. The fourth-order valence-corrected chi connectivity index (χ4v) is 2.62. The van der Waals surface area contributed by atoms with Crippen LogP contribution in [0.1, 0.15) is 51.4 Å². The molecule has 0 spiro atoms. The summed E-state index contributed by atoms with van der Waals surface area (Å²) in [5.41, 5.74) is 5.19. The molecule has 1 aliphatic heterocycles. The fourth-order valence-electron chi connectivity index (χ4n) is 2.62. The molecule has 21 heavy (non-hydrogen) atoms. The Balaban J connectivity index is 2.32. The number of amides is 2. The predicted octanol–water partition coefficient (Wildman–Crippen LogP) is 0.385. The van der Waals surface area contributed by atoms with Gasteiger partial charge in [0.25, 0.3) is 0 Å².